The maximum atomic E-state index is 13.8. The molecule has 182 valence electrons. The van der Waals surface area contributed by atoms with Crippen LogP contribution in [0.3, 0.4) is 0 Å². The molecule has 7 nitrogen and oxygen atoms in total. The number of amides is 1. The Balaban J connectivity index is 1.39. The molecule has 2 fully saturated rings. The average molecular weight is 472 g/mol. The number of benzene rings is 2. The highest BCUT2D eigenvalue weighted by atomic mass is 16.5. The molecule has 2 N–H and O–H groups in total. The minimum absolute atomic E-state index is 0.0156. The van der Waals surface area contributed by atoms with E-state index in [0.29, 0.717) is 18.1 Å². The summed E-state index contributed by atoms with van der Waals surface area (Å²) < 4.78 is 6.79. The molecule has 0 unspecified atom stereocenters. The lowest BCUT2D eigenvalue weighted by atomic mass is 9.79. The molecule has 0 saturated carbocycles. The summed E-state index contributed by atoms with van der Waals surface area (Å²) in [6, 6.07) is 19.9. The Morgan fingerprint density at radius 3 is 2.60 bits per heavy atom. The van der Waals surface area contributed by atoms with E-state index in [2.05, 4.69) is 51.8 Å². The highest BCUT2D eigenvalue weighted by Crippen LogP contribution is 2.43. The SMILES string of the molecule is CCN(C(=O)c1cccc(Nc2ncccn2)c1)[C@@H]1C[C@H](c2ccccc2)OC2(CCNCC2)C1. The smallest absolute Gasteiger partial charge is 0.254 e. The van der Waals surface area contributed by atoms with Crippen LogP contribution in [0.5, 0.6) is 0 Å². The number of carbonyl (C=O) groups excluding carboxylic acids is 1. The number of aromatic nitrogens is 2. The van der Waals surface area contributed by atoms with Gasteiger partial charge in [-0.15, -0.1) is 0 Å². The number of piperidine rings is 1. The molecule has 35 heavy (non-hydrogen) atoms. The van der Waals surface area contributed by atoms with Crippen LogP contribution in [0.1, 0.15) is 54.6 Å². The fourth-order valence-electron chi connectivity index (χ4n) is 5.43. The van der Waals surface area contributed by atoms with Gasteiger partial charge in [-0.2, -0.15) is 0 Å². The van der Waals surface area contributed by atoms with Crippen LogP contribution in [0, 0.1) is 0 Å². The Bertz CT molecular complexity index is 1120. The van der Waals surface area contributed by atoms with Gasteiger partial charge in [0.15, 0.2) is 0 Å². The zero-order valence-corrected chi connectivity index (χ0v) is 20.2. The number of carbonyl (C=O) groups is 1. The molecule has 5 rings (SSSR count). The number of ether oxygens (including phenoxy) is 1. The first kappa shape index (κ1) is 23.5. The Morgan fingerprint density at radius 2 is 1.86 bits per heavy atom. The van der Waals surface area contributed by atoms with Crippen molar-refractivity contribution in [3.63, 3.8) is 0 Å². The Kier molecular flexibility index (Phi) is 7.06. The molecule has 2 aliphatic heterocycles. The first-order valence-corrected chi connectivity index (χ1v) is 12.5. The molecule has 0 aliphatic carbocycles. The monoisotopic (exact) mass is 471 g/mol. The van der Waals surface area contributed by atoms with E-state index in [0.717, 1.165) is 44.5 Å². The summed E-state index contributed by atoms with van der Waals surface area (Å²) >= 11 is 0. The van der Waals surface area contributed by atoms with Crippen molar-refractivity contribution in [2.24, 2.45) is 0 Å². The normalized spacial score (nSPS) is 21.4. The second kappa shape index (κ2) is 10.5. The fraction of sp³-hybridized carbons (Fsp3) is 0.393. The van der Waals surface area contributed by atoms with E-state index in [9.17, 15) is 4.79 Å². The predicted octanol–water partition coefficient (Wildman–Crippen LogP) is 4.72. The largest absolute Gasteiger partial charge is 0.367 e. The molecule has 2 aliphatic rings. The van der Waals surface area contributed by atoms with E-state index in [-0.39, 0.29) is 23.7 Å². The zero-order valence-electron chi connectivity index (χ0n) is 20.2. The average Bonchev–Trinajstić information content (AvgIpc) is 2.90. The second-order valence-corrected chi connectivity index (χ2v) is 9.41. The first-order chi connectivity index (χ1) is 17.2. The molecule has 3 aromatic rings. The molecule has 1 amide bonds. The summed E-state index contributed by atoms with van der Waals surface area (Å²) in [5.74, 6) is 0.556. The molecule has 1 spiro atoms. The van der Waals surface area contributed by atoms with Crippen LogP contribution in [0.15, 0.2) is 73.1 Å². The third-order valence-corrected chi connectivity index (χ3v) is 7.15. The van der Waals surface area contributed by atoms with Crippen LogP contribution < -0.4 is 10.6 Å². The highest BCUT2D eigenvalue weighted by Gasteiger charge is 2.45. The van der Waals surface area contributed by atoms with E-state index < -0.39 is 0 Å². The van der Waals surface area contributed by atoms with Gasteiger partial charge in [0.2, 0.25) is 5.95 Å². The van der Waals surface area contributed by atoms with Crippen molar-refractivity contribution in [2.75, 3.05) is 25.0 Å². The summed E-state index contributed by atoms with van der Waals surface area (Å²) in [6.07, 6.45) is 6.96. The van der Waals surface area contributed by atoms with E-state index >= 15 is 0 Å². The Morgan fingerprint density at radius 1 is 1.09 bits per heavy atom. The fourth-order valence-corrected chi connectivity index (χ4v) is 5.43. The van der Waals surface area contributed by atoms with E-state index in [1.54, 1.807) is 18.5 Å². The molecule has 7 heteroatoms. The molecular weight excluding hydrogens is 438 g/mol. The predicted molar refractivity (Wildman–Crippen MR) is 137 cm³/mol. The van der Waals surface area contributed by atoms with Crippen LogP contribution in [-0.2, 0) is 4.74 Å². The van der Waals surface area contributed by atoms with E-state index in [1.807, 2.05) is 35.2 Å². The third-order valence-electron chi connectivity index (χ3n) is 7.15. The summed E-state index contributed by atoms with van der Waals surface area (Å²) in [6.45, 7) is 4.62. The number of anilines is 2. The summed E-state index contributed by atoms with van der Waals surface area (Å²) in [5.41, 5.74) is 2.45. The van der Waals surface area contributed by atoms with Crippen LogP contribution in [0.25, 0.3) is 0 Å². The van der Waals surface area contributed by atoms with Gasteiger partial charge >= 0.3 is 0 Å². The van der Waals surface area contributed by atoms with Gasteiger partial charge in [0.05, 0.1) is 11.7 Å². The molecule has 2 saturated heterocycles. The van der Waals surface area contributed by atoms with Crippen molar-refractivity contribution >= 4 is 17.5 Å². The van der Waals surface area contributed by atoms with Crippen molar-refractivity contribution in [3.8, 4) is 0 Å². The standard InChI is InChI=1S/C28H33N5O2/c1-2-33(26(34)22-10-6-11-23(18-22)32-27-30-14-7-15-31-27)24-19-25(21-8-4-3-5-9-21)35-28(20-24)12-16-29-17-13-28/h3-11,14-15,18,24-25,29H,2,12-13,16-17,19-20H2,1H3,(H,30,31,32)/t24-,25-/m1/s1. The van der Waals surface area contributed by atoms with Crippen LogP contribution in [0.4, 0.5) is 11.6 Å². The summed E-state index contributed by atoms with van der Waals surface area (Å²) in [5, 5.41) is 6.66. The van der Waals surface area contributed by atoms with Gasteiger partial charge in [0.1, 0.15) is 0 Å². The Hall–Kier alpha value is -3.29. The number of rotatable bonds is 6. The highest BCUT2D eigenvalue weighted by molar-refractivity contribution is 5.95. The van der Waals surface area contributed by atoms with Crippen molar-refractivity contribution in [1.29, 1.82) is 0 Å². The van der Waals surface area contributed by atoms with Gasteiger partial charge in [-0.05, 0) is 75.5 Å². The number of nitrogens with one attached hydrogen (secondary N) is 2. The van der Waals surface area contributed by atoms with Crippen molar-refractivity contribution in [3.05, 3.63) is 84.2 Å². The van der Waals surface area contributed by atoms with Crippen LogP contribution in [-0.4, -0.2) is 52.1 Å². The topological polar surface area (TPSA) is 79.4 Å². The van der Waals surface area contributed by atoms with Gasteiger partial charge in [0.25, 0.3) is 5.91 Å². The van der Waals surface area contributed by atoms with Gasteiger partial charge in [-0.1, -0.05) is 36.4 Å². The van der Waals surface area contributed by atoms with Gasteiger partial charge in [-0.25, -0.2) is 9.97 Å². The van der Waals surface area contributed by atoms with Gasteiger partial charge < -0.3 is 20.3 Å². The summed E-state index contributed by atoms with van der Waals surface area (Å²) in [7, 11) is 0. The third kappa shape index (κ3) is 5.36. The van der Waals surface area contributed by atoms with Crippen molar-refractivity contribution < 1.29 is 9.53 Å². The molecule has 2 aromatic carbocycles. The number of nitrogens with zero attached hydrogens (tertiary/aromatic N) is 3. The molecule has 2 atom stereocenters. The zero-order chi connectivity index (χ0) is 24.1. The summed E-state index contributed by atoms with van der Waals surface area (Å²) in [4.78, 5) is 24.3. The quantitative estimate of drug-likeness (QED) is 0.541. The minimum Gasteiger partial charge on any atom is -0.367 e. The maximum Gasteiger partial charge on any atom is 0.254 e. The molecule has 0 bridgehead atoms. The van der Waals surface area contributed by atoms with Crippen molar-refractivity contribution in [2.45, 2.75) is 50.4 Å². The van der Waals surface area contributed by atoms with Crippen LogP contribution >= 0.6 is 0 Å². The lowest BCUT2D eigenvalue weighted by Crippen LogP contribution is -2.54. The second-order valence-electron chi connectivity index (χ2n) is 9.41. The minimum atomic E-state index is -0.198. The number of hydrogen-bond acceptors (Lipinski definition) is 6. The maximum absolute atomic E-state index is 13.8. The lowest BCUT2D eigenvalue weighted by Gasteiger charge is -2.49. The van der Waals surface area contributed by atoms with E-state index in [1.165, 1.54) is 5.56 Å². The molecular formula is C28H33N5O2. The molecule has 3 heterocycles. The Labute approximate surface area is 206 Å². The van der Waals surface area contributed by atoms with Crippen molar-refractivity contribution in [1.82, 2.24) is 20.2 Å². The van der Waals surface area contributed by atoms with Crippen LogP contribution in [0.2, 0.25) is 0 Å². The molecule has 1 aromatic heterocycles. The van der Waals surface area contributed by atoms with Gasteiger partial charge in [-0.3, -0.25) is 4.79 Å². The van der Waals surface area contributed by atoms with Gasteiger partial charge in [0, 0.05) is 36.2 Å². The lowest BCUT2D eigenvalue weighted by molar-refractivity contribution is -0.162. The molecule has 0 radical (unpaired) electrons. The number of hydrogen-bond donors (Lipinski definition) is 2. The van der Waals surface area contributed by atoms with E-state index in [4.69, 9.17) is 4.74 Å². The first-order valence-electron chi connectivity index (χ1n) is 12.5.